The molecule has 0 aliphatic carbocycles. The first kappa shape index (κ1) is 16.4. The lowest BCUT2D eigenvalue weighted by Crippen LogP contribution is -2.00. The largest absolute Gasteiger partial charge is 0.465 e. The number of furan rings is 1. The van der Waals surface area contributed by atoms with E-state index in [1.165, 1.54) is 7.11 Å². The van der Waals surface area contributed by atoms with E-state index in [1.807, 2.05) is 19.1 Å². The molecule has 7 heteroatoms. The van der Waals surface area contributed by atoms with Crippen molar-refractivity contribution >= 4 is 28.5 Å². The van der Waals surface area contributed by atoms with E-state index >= 15 is 0 Å². The molecule has 26 heavy (non-hydrogen) atoms. The van der Waals surface area contributed by atoms with Crippen molar-refractivity contribution in [2.24, 2.45) is 0 Å². The molecular formula is C19H13ClN2O4. The lowest BCUT2D eigenvalue weighted by molar-refractivity contribution is 0.0601. The minimum absolute atomic E-state index is 0.253. The summed E-state index contributed by atoms with van der Waals surface area (Å²) in [4.78, 5) is 15.9. The quantitative estimate of drug-likeness (QED) is 0.479. The van der Waals surface area contributed by atoms with Gasteiger partial charge in [0.2, 0.25) is 5.82 Å². The second kappa shape index (κ2) is 6.31. The van der Waals surface area contributed by atoms with Crippen molar-refractivity contribution in [1.29, 1.82) is 0 Å². The maximum atomic E-state index is 11.5. The summed E-state index contributed by atoms with van der Waals surface area (Å²) in [5.41, 5.74) is 2.78. The standard InChI is InChI=1S/C19H13ClN2O4/c1-10-3-8-14(20)16-13(10)9-15(25-16)18-21-17(22-26-18)11-4-6-12(7-5-11)19(23)24-2/h3-9H,1-2H3. The van der Waals surface area contributed by atoms with Gasteiger partial charge in [-0.25, -0.2) is 4.79 Å². The Morgan fingerprint density at radius 3 is 2.62 bits per heavy atom. The summed E-state index contributed by atoms with van der Waals surface area (Å²) in [6, 6.07) is 12.3. The van der Waals surface area contributed by atoms with Crippen molar-refractivity contribution in [3.8, 4) is 23.0 Å². The van der Waals surface area contributed by atoms with Crippen molar-refractivity contribution in [1.82, 2.24) is 10.1 Å². The van der Waals surface area contributed by atoms with Crippen LogP contribution in [0.2, 0.25) is 5.02 Å². The Bertz CT molecular complexity index is 1070. The van der Waals surface area contributed by atoms with Gasteiger partial charge in [-0.05, 0) is 36.8 Å². The van der Waals surface area contributed by atoms with Crippen LogP contribution in [0.5, 0.6) is 0 Å². The lowest BCUT2D eigenvalue weighted by Gasteiger charge is -1.99. The molecule has 0 N–H and O–H groups in total. The maximum absolute atomic E-state index is 11.5. The fourth-order valence-electron chi connectivity index (χ4n) is 2.64. The minimum Gasteiger partial charge on any atom is -0.465 e. The Labute approximate surface area is 153 Å². The number of halogens is 1. The molecule has 4 rings (SSSR count). The van der Waals surface area contributed by atoms with Gasteiger partial charge in [0, 0.05) is 10.9 Å². The molecule has 0 saturated heterocycles. The molecule has 130 valence electrons. The van der Waals surface area contributed by atoms with E-state index in [1.54, 1.807) is 30.3 Å². The Morgan fingerprint density at radius 1 is 1.15 bits per heavy atom. The van der Waals surface area contributed by atoms with Gasteiger partial charge in [-0.1, -0.05) is 35.0 Å². The zero-order valence-corrected chi connectivity index (χ0v) is 14.7. The van der Waals surface area contributed by atoms with Crippen molar-refractivity contribution in [2.45, 2.75) is 6.92 Å². The second-order valence-corrected chi connectivity index (χ2v) is 6.12. The van der Waals surface area contributed by atoms with Crippen LogP contribution < -0.4 is 0 Å². The normalized spacial score (nSPS) is 11.0. The average molecular weight is 369 g/mol. The van der Waals surface area contributed by atoms with Crippen molar-refractivity contribution < 1.29 is 18.5 Å². The van der Waals surface area contributed by atoms with E-state index in [0.717, 1.165) is 10.9 Å². The summed E-state index contributed by atoms with van der Waals surface area (Å²) in [7, 11) is 1.34. The number of ether oxygens (including phenoxy) is 1. The van der Waals surface area contributed by atoms with Gasteiger partial charge >= 0.3 is 5.97 Å². The number of rotatable bonds is 3. The summed E-state index contributed by atoms with van der Waals surface area (Å²) >= 11 is 6.19. The van der Waals surface area contributed by atoms with Crippen LogP contribution in [0.25, 0.3) is 34.0 Å². The van der Waals surface area contributed by atoms with Crippen LogP contribution in [0.3, 0.4) is 0 Å². The molecule has 4 aromatic rings. The zero-order valence-electron chi connectivity index (χ0n) is 13.9. The third kappa shape index (κ3) is 2.74. The monoisotopic (exact) mass is 368 g/mol. The first-order chi connectivity index (χ1) is 12.6. The van der Waals surface area contributed by atoms with Crippen molar-refractivity contribution in [2.75, 3.05) is 7.11 Å². The Balaban J connectivity index is 1.69. The molecule has 2 heterocycles. The highest BCUT2D eigenvalue weighted by Crippen LogP contribution is 2.34. The predicted molar refractivity (Wildman–Crippen MR) is 96.0 cm³/mol. The molecule has 0 radical (unpaired) electrons. The van der Waals surface area contributed by atoms with Gasteiger partial charge in [0.15, 0.2) is 11.3 Å². The average Bonchev–Trinajstić information content (AvgIpc) is 3.32. The predicted octanol–water partition coefficient (Wildman–Crippen LogP) is 4.90. The zero-order chi connectivity index (χ0) is 18.3. The molecule has 0 unspecified atom stereocenters. The smallest absolute Gasteiger partial charge is 0.337 e. The number of aromatic nitrogens is 2. The fourth-order valence-corrected chi connectivity index (χ4v) is 2.85. The van der Waals surface area contributed by atoms with Gasteiger partial charge in [-0.15, -0.1) is 0 Å². The van der Waals surface area contributed by atoms with Gasteiger partial charge in [0.1, 0.15) is 0 Å². The number of carbonyl (C=O) groups excluding carboxylic acids is 1. The van der Waals surface area contributed by atoms with E-state index in [-0.39, 0.29) is 5.89 Å². The number of nitrogens with zero attached hydrogens (tertiary/aromatic N) is 2. The number of esters is 1. The maximum Gasteiger partial charge on any atom is 0.337 e. The molecule has 0 aliphatic rings. The van der Waals surface area contributed by atoms with Crippen molar-refractivity contribution in [3.05, 3.63) is 58.6 Å². The minimum atomic E-state index is -0.403. The molecule has 0 aliphatic heterocycles. The number of methoxy groups -OCH3 is 1. The van der Waals surface area contributed by atoms with Gasteiger partial charge in [-0.2, -0.15) is 4.98 Å². The topological polar surface area (TPSA) is 78.4 Å². The lowest BCUT2D eigenvalue weighted by atomic mass is 10.1. The van der Waals surface area contributed by atoms with Gasteiger partial charge < -0.3 is 13.7 Å². The summed E-state index contributed by atoms with van der Waals surface area (Å²) in [6.07, 6.45) is 0. The SMILES string of the molecule is COC(=O)c1ccc(-c2noc(-c3cc4c(C)ccc(Cl)c4o3)n2)cc1. The van der Waals surface area contributed by atoms with E-state index in [4.69, 9.17) is 20.5 Å². The fraction of sp³-hybridized carbons (Fsp3) is 0.105. The summed E-state index contributed by atoms with van der Waals surface area (Å²) in [5, 5.41) is 5.40. The molecule has 0 atom stereocenters. The first-order valence-electron chi connectivity index (χ1n) is 7.78. The molecule has 0 spiro atoms. The Morgan fingerprint density at radius 2 is 1.92 bits per heavy atom. The number of aryl methyl sites for hydroxylation is 1. The third-order valence-corrected chi connectivity index (χ3v) is 4.35. The summed E-state index contributed by atoms with van der Waals surface area (Å²) in [5.74, 6) is 0.685. The van der Waals surface area contributed by atoms with Crippen LogP contribution in [-0.2, 0) is 4.74 Å². The molecule has 2 aromatic heterocycles. The molecule has 0 amide bonds. The second-order valence-electron chi connectivity index (χ2n) is 5.71. The van der Waals surface area contributed by atoms with Crippen LogP contribution in [0, 0.1) is 6.92 Å². The van der Waals surface area contributed by atoms with E-state index in [2.05, 4.69) is 14.9 Å². The van der Waals surface area contributed by atoms with Crippen LogP contribution in [-0.4, -0.2) is 23.2 Å². The van der Waals surface area contributed by atoms with Crippen LogP contribution >= 0.6 is 11.6 Å². The van der Waals surface area contributed by atoms with Gasteiger partial charge in [-0.3, -0.25) is 0 Å². The third-order valence-electron chi connectivity index (χ3n) is 4.05. The Hall–Kier alpha value is -3.12. The first-order valence-corrected chi connectivity index (χ1v) is 8.16. The van der Waals surface area contributed by atoms with Crippen LogP contribution in [0.4, 0.5) is 0 Å². The molecule has 0 bridgehead atoms. The highest BCUT2D eigenvalue weighted by molar-refractivity contribution is 6.35. The van der Waals surface area contributed by atoms with Crippen LogP contribution in [0.1, 0.15) is 15.9 Å². The number of benzene rings is 2. The molecular weight excluding hydrogens is 356 g/mol. The number of hydrogen-bond acceptors (Lipinski definition) is 6. The molecule has 0 saturated carbocycles. The Kier molecular flexibility index (Phi) is 3.97. The van der Waals surface area contributed by atoms with E-state index in [0.29, 0.717) is 33.3 Å². The number of fused-ring (bicyclic) bond motifs is 1. The molecule has 6 nitrogen and oxygen atoms in total. The van der Waals surface area contributed by atoms with E-state index in [9.17, 15) is 4.79 Å². The van der Waals surface area contributed by atoms with E-state index < -0.39 is 5.97 Å². The summed E-state index contributed by atoms with van der Waals surface area (Å²) < 4.78 is 15.8. The summed E-state index contributed by atoms with van der Waals surface area (Å²) in [6.45, 7) is 1.97. The highest BCUT2D eigenvalue weighted by atomic mass is 35.5. The number of carbonyl (C=O) groups is 1. The van der Waals surface area contributed by atoms with Gasteiger partial charge in [0.25, 0.3) is 5.89 Å². The van der Waals surface area contributed by atoms with Crippen molar-refractivity contribution in [3.63, 3.8) is 0 Å². The molecule has 0 fully saturated rings. The molecule has 2 aromatic carbocycles. The van der Waals surface area contributed by atoms with Crippen LogP contribution in [0.15, 0.2) is 51.4 Å². The van der Waals surface area contributed by atoms with Gasteiger partial charge in [0.05, 0.1) is 17.7 Å². The highest BCUT2D eigenvalue weighted by Gasteiger charge is 2.17. The number of hydrogen-bond donors (Lipinski definition) is 0.